The Morgan fingerprint density at radius 2 is 2.31 bits per heavy atom. The van der Waals surface area contributed by atoms with Crippen LogP contribution in [0.25, 0.3) is 0 Å². The van der Waals surface area contributed by atoms with Gasteiger partial charge in [0.15, 0.2) is 0 Å². The maximum Gasteiger partial charge on any atom is 0.137 e. The van der Waals surface area contributed by atoms with Crippen LogP contribution in [0.4, 0.5) is 5.82 Å². The molecule has 0 amide bonds. The third kappa shape index (κ3) is 2.33. The third-order valence-corrected chi connectivity index (χ3v) is 2.61. The molecule has 5 heteroatoms. The van der Waals surface area contributed by atoms with Gasteiger partial charge in [0.25, 0.3) is 0 Å². The summed E-state index contributed by atoms with van der Waals surface area (Å²) in [6.45, 7) is 2.68. The lowest BCUT2D eigenvalue weighted by atomic mass is 10.2. The minimum absolute atomic E-state index is 0.507. The van der Waals surface area contributed by atoms with Crippen LogP contribution in [0.2, 0.25) is 5.15 Å². The molecule has 16 heavy (non-hydrogen) atoms. The summed E-state index contributed by atoms with van der Waals surface area (Å²) in [7, 11) is 0. The molecule has 0 aromatic carbocycles. The number of rotatable bonds is 4. The van der Waals surface area contributed by atoms with Gasteiger partial charge in [-0.05, 0) is 12.5 Å². The van der Waals surface area contributed by atoms with Crippen molar-refractivity contribution in [2.45, 2.75) is 19.9 Å². The summed E-state index contributed by atoms with van der Waals surface area (Å²) in [6.07, 6.45) is 5.60. The number of nitrogens with one attached hydrogen (secondary N) is 1. The second-order valence-corrected chi connectivity index (χ2v) is 3.69. The van der Waals surface area contributed by atoms with Crippen LogP contribution in [-0.2, 0) is 13.0 Å². The predicted molar refractivity (Wildman–Crippen MR) is 62.5 cm³/mol. The van der Waals surface area contributed by atoms with E-state index in [0.717, 1.165) is 23.4 Å². The molecule has 2 rings (SSSR count). The Balaban J connectivity index is 2.12. The van der Waals surface area contributed by atoms with Crippen LogP contribution < -0.4 is 5.32 Å². The molecule has 0 unspecified atom stereocenters. The first-order valence-corrected chi connectivity index (χ1v) is 5.43. The number of hydrogen-bond donors (Lipinski definition) is 1. The summed E-state index contributed by atoms with van der Waals surface area (Å²) in [5, 5.41) is 3.72. The van der Waals surface area contributed by atoms with E-state index in [1.807, 2.05) is 13.0 Å². The van der Waals surface area contributed by atoms with E-state index >= 15 is 0 Å². The zero-order chi connectivity index (χ0) is 11.4. The third-order valence-electron chi connectivity index (χ3n) is 2.29. The van der Waals surface area contributed by atoms with Crippen molar-refractivity contribution in [2.75, 3.05) is 5.32 Å². The van der Waals surface area contributed by atoms with Crippen molar-refractivity contribution in [1.82, 2.24) is 9.97 Å². The van der Waals surface area contributed by atoms with Crippen molar-refractivity contribution in [3.8, 4) is 0 Å². The Morgan fingerprint density at radius 3 is 3.00 bits per heavy atom. The molecule has 1 N–H and O–H groups in total. The smallest absolute Gasteiger partial charge is 0.137 e. The normalized spacial score (nSPS) is 10.4. The van der Waals surface area contributed by atoms with E-state index in [-0.39, 0.29) is 0 Å². The highest BCUT2D eigenvalue weighted by atomic mass is 35.5. The van der Waals surface area contributed by atoms with E-state index in [2.05, 4.69) is 15.3 Å². The number of halogens is 1. The zero-order valence-electron chi connectivity index (χ0n) is 8.90. The Bertz CT molecular complexity index is 456. The molecule has 0 atom stereocenters. The maximum atomic E-state index is 5.98. The molecule has 0 bridgehead atoms. The standard InChI is InChI=1S/C11H12ClN3O/c1-2-9-10(12)14-7-15-11(9)13-5-8-3-4-16-6-8/h3-4,6-7H,2,5H2,1H3,(H,13,14,15). The van der Waals surface area contributed by atoms with Crippen LogP contribution in [0.5, 0.6) is 0 Å². The van der Waals surface area contributed by atoms with Gasteiger partial charge in [0.05, 0.1) is 12.5 Å². The van der Waals surface area contributed by atoms with Gasteiger partial charge in [0.2, 0.25) is 0 Å². The van der Waals surface area contributed by atoms with Gasteiger partial charge in [-0.3, -0.25) is 0 Å². The van der Waals surface area contributed by atoms with Crippen molar-refractivity contribution in [3.63, 3.8) is 0 Å². The fourth-order valence-corrected chi connectivity index (χ4v) is 1.70. The van der Waals surface area contributed by atoms with Crippen LogP contribution in [-0.4, -0.2) is 9.97 Å². The SMILES string of the molecule is CCc1c(Cl)ncnc1NCc1ccoc1. The Kier molecular flexibility index (Phi) is 3.41. The molecular weight excluding hydrogens is 226 g/mol. The lowest BCUT2D eigenvalue weighted by molar-refractivity contribution is 0.564. The van der Waals surface area contributed by atoms with Crippen molar-refractivity contribution in [3.05, 3.63) is 41.2 Å². The number of anilines is 1. The molecule has 2 aromatic rings. The highest BCUT2D eigenvalue weighted by molar-refractivity contribution is 6.30. The molecule has 2 heterocycles. The summed E-state index contributed by atoms with van der Waals surface area (Å²) >= 11 is 5.98. The van der Waals surface area contributed by atoms with Gasteiger partial charge in [-0.15, -0.1) is 0 Å². The molecule has 0 saturated heterocycles. The maximum absolute atomic E-state index is 5.98. The second-order valence-electron chi connectivity index (χ2n) is 3.33. The lowest BCUT2D eigenvalue weighted by Crippen LogP contribution is -2.04. The predicted octanol–water partition coefficient (Wildman–Crippen LogP) is 2.90. The van der Waals surface area contributed by atoms with E-state index in [4.69, 9.17) is 16.0 Å². The highest BCUT2D eigenvalue weighted by Gasteiger charge is 2.07. The van der Waals surface area contributed by atoms with Gasteiger partial charge < -0.3 is 9.73 Å². The minimum atomic E-state index is 0.507. The molecule has 0 aliphatic carbocycles. The summed E-state index contributed by atoms with van der Waals surface area (Å²) in [4.78, 5) is 8.12. The monoisotopic (exact) mass is 237 g/mol. The Hall–Kier alpha value is -1.55. The van der Waals surface area contributed by atoms with E-state index in [9.17, 15) is 0 Å². The van der Waals surface area contributed by atoms with Crippen LogP contribution in [0.15, 0.2) is 29.3 Å². The topological polar surface area (TPSA) is 51.0 Å². The number of furan rings is 1. The molecule has 0 aliphatic rings. The number of aromatic nitrogens is 2. The number of nitrogens with zero attached hydrogens (tertiary/aromatic N) is 2. The fraction of sp³-hybridized carbons (Fsp3) is 0.273. The lowest BCUT2D eigenvalue weighted by Gasteiger charge is -2.09. The van der Waals surface area contributed by atoms with Gasteiger partial charge >= 0.3 is 0 Å². The summed E-state index contributed by atoms with van der Waals surface area (Å²) in [6, 6.07) is 1.90. The van der Waals surface area contributed by atoms with Crippen molar-refractivity contribution in [1.29, 1.82) is 0 Å². The first-order valence-electron chi connectivity index (χ1n) is 5.05. The summed E-state index contributed by atoms with van der Waals surface area (Å²) in [5.41, 5.74) is 2.00. The van der Waals surface area contributed by atoms with E-state index in [1.54, 1.807) is 12.5 Å². The van der Waals surface area contributed by atoms with Gasteiger partial charge in [-0.2, -0.15) is 0 Å². The first kappa shape index (κ1) is 11.0. The van der Waals surface area contributed by atoms with Crippen LogP contribution in [0.3, 0.4) is 0 Å². The molecule has 0 fully saturated rings. The number of hydrogen-bond acceptors (Lipinski definition) is 4. The molecule has 84 valence electrons. The Labute approximate surface area is 98.7 Å². The summed E-state index contributed by atoms with van der Waals surface area (Å²) < 4.78 is 4.98. The molecule has 4 nitrogen and oxygen atoms in total. The van der Waals surface area contributed by atoms with Gasteiger partial charge in [-0.1, -0.05) is 18.5 Å². The van der Waals surface area contributed by atoms with Crippen LogP contribution in [0, 0.1) is 0 Å². The van der Waals surface area contributed by atoms with Gasteiger partial charge in [0.1, 0.15) is 17.3 Å². The molecule has 0 spiro atoms. The average molecular weight is 238 g/mol. The van der Waals surface area contributed by atoms with E-state index in [0.29, 0.717) is 11.7 Å². The van der Waals surface area contributed by atoms with Gasteiger partial charge in [0, 0.05) is 17.7 Å². The highest BCUT2D eigenvalue weighted by Crippen LogP contribution is 2.20. The molecule has 2 aromatic heterocycles. The average Bonchev–Trinajstić information content (AvgIpc) is 2.79. The van der Waals surface area contributed by atoms with Crippen molar-refractivity contribution < 1.29 is 4.42 Å². The van der Waals surface area contributed by atoms with Crippen molar-refractivity contribution in [2.24, 2.45) is 0 Å². The fourth-order valence-electron chi connectivity index (χ4n) is 1.44. The molecule has 0 aliphatic heterocycles. The largest absolute Gasteiger partial charge is 0.472 e. The summed E-state index contributed by atoms with van der Waals surface area (Å²) in [5.74, 6) is 0.781. The Morgan fingerprint density at radius 1 is 1.44 bits per heavy atom. The molecule has 0 saturated carbocycles. The molecular formula is C11H12ClN3O. The minimum Gasteiger partial charge on any atom is -0.472 e. The van der Waals surface area contributed by atoms with Crippen molar-refractivity contribution >= 4 is 17.4 Å². The van der Waals surface area contributed by atoms with Crippen LogP contribution >= 0.6 is 11.6 Å². The first-order chi connectivity index (χ1) is 7.81. The van der Waals surface area contributed by atoms with E-state index < -0.39 is 0 Å². The van der Waals surface area contributed by atoms with Crippen LogP contribution in [0.1, 0.15) is 18.1 Å². The van der Waals surface area contributed by atoms with Gasteiger partial charge in [-0.25, -0.2) is 9.97 Å². The quantitative estimate of drug-likeness (QED) is 0.831. The second kappa shape index (κ2) is 4.99. The van der Waals surface area contributed by atoms with E-state index in [1.165, 1.54) is 6.33 Å². The zero-order valence-corrected chi connectivity index (χ0v) is 9.66. The molecule has 0 radical (unpaired) electrons.